The van der Waals surface area contributed by atoms with Crippen molar-refractivity contribution in [2.24, 2.45) is 17.3 Å². The summed E-state index contributed by atoms with van der Waals surface area (Å²) >= 11 is 8.12. The molecule has 2 rings (SSSR count). The van der Waals surface area contributed by atoms with Crippen molar-refractivity contribution in [1.82, 2.24) is 4.90 Å². The second-order valence-electron chi connectivity index (χ2n) is 9.88. The van der Waals surface area contributed by atoms with E-state index in [1.807, 2.05) is 41.5 Å². The molecule has 0 bridgehead atoms. The van der Waals surface area contributed by atoms with Gasteiger partial charge in [-0.1, -0.05) is 51.7 Å². The molecule has 1 fully saturated rings. The fourth-order valence-electron chi connectivity index (χ4n) is 4.55. The lowest BCUT2D eigenvalue weighted by molar-refractivity contribution is -0.384. The largest absolute Gasteiger partial charge is 0.454 e. The van der Waals surface area contributed by atoms with Crippen molar-refractivity contribution in [1.29, 1.82) is 0 Å². The number of hydrogen-bond donors (Lipinski definition) is 0. The minimum absolute atomic E-state index is 0.103. The van der Waals surface area contributed by atoms with Crippen LogP contribution in [-0.4, -0.2) is 58.3 Å². The number of β-lactam (4-membered cyclic amide) rings is 1. The van der Waals surface area contributed by atoms with Gasteiger partial charge in [0.05, 0.1) is 16.4 Å². The average molecular weight is 573 g/mol. The summed E-state index contributed by atoms with van der Waals surface area (Å²) in [6, 6.07) is 5.43. The van der Waals surface area contributed by atoms with Gasteiger partial charge in [0.1, 0.15) is 26.0 Å². The molecule has 0 radical (unpaired) electrons. The number of thiocarbonyl (C=S) groups is 1. The van der Waals surface area contributed by atoms with Gasteiger partial charge in [0, 0.05) is 18.1 Å². The molecule has 2 amide bonds. The lowest BCUT2D eigenvalue weighted by atomic mass is 9.63. The molecular weight excluding hydrogens is 541 g/mol. The van der Waals surface area contributed by atoms with Gasteiger partial charge < -0.3 is 9.16 Å². The predicted molar refractivity (Wildman–Crippen MR) is 148 cm³/mol. The molecule has 0 N–H and O–H groups in total. The van der Waals surface area contributed by atoms with E-state index in [0.29, 0.717) is 19.6 Å². The van der Waals surface area contributed by atoms with Crippen LogP contribution in [-0.2, 0) is 30.2 Å². The standard InChI is InChI=1S/C23H32N2O7S3Si/c1-7-34-21(33)35-19-15(16(22(2,3)4)23(5,6)32-36)17(26)24(19)18(27)20(28)31-12-13-8-10-14(11-9-13)25(29)30/h8-11,15-16,19H,7,12H2,1-6,36H3/t15-,16?,19-/m1/s1. The van der Waals surface area contributed by atoms with Crippen LogP contribution >= 0.6 is 35.7 Å². The van der Waals surface area contributed by atoms with E-state index in [1.54, 1.807) is 0 Å². The smallest absolute Gasteiger partial charge is 0.397 e. The third-order valence-corrected chi connectivity index (χ3v) is 9.84. The summed E-state index contributed by atoms with van der Waals surface area (Å²) in [4.78, 5) is 50.3. The van der Waals surface area contributed by atoms with Gasteiger partial charge in [-0.05, 0) is 42.7 Å². The van der Waals surface area contributed by atoms with Gasteiger partial charge >= 0.3 is 11.9 Å². The monoisotopic (exact) mass is 572 g/mol. The Bertz CT molecular complexity index is 1030. The lowest BCUT2D eigenvalue weighted by Gasteiger charge is -2.55. The van der Waals surface area contributed by atoms with Crippen molar-refractivity contribution in [3.63, 3.8) is 0 Å². The van der Waals surface area contributed by atoms with Crippen LogP contribution < -0.4 is 0 Å². The summed E-state index contributed by atoms with van der Waals surface area (Å²) in [7, 11) is 0.472. The number of non-ortho nitro benzene ring substituents is 1. The number of likely N-dealkylation sites (tertiary alicyclic amines) is 1. The van der Waals surface area contributed by atoms with Crippen molar-refractivity contribution >= 4 is 73.2 Å². The lowest BCUT2D eigenvalue weighted by Crippen LogP contribution is -2.69. The molecule has 1 heterocycles. The second-order valence-corrected chi connectivity index (χ2v) is 13.9. The summed E-state index contributed by atoms with van der Waals surface area (Å²) in [5, 5.41) is 10.1. The minimum atomic E-state index is -1.18. The summed E-state index contributed by atoms with van der Waals surface area (Å²) in [5.41, 5.74) is -0.596. The second kappa shape index (κ2) is 12.2. The van der Waals surface area contributed by atoms with E-state index >= 15 is 0 Å². The average Bonchev–Trinajstić information content (AvgIpc) is 2.79. The third-order valence-electron chi connectivity index (χ3n) is 6.04. The number of rotatable bonds is 8. The first-order valence-electron chi connectivity index (χ1n) is 11.3. The van der Waals surface area contributed by atoms with Crippen molar-refractivity contribution < 1.29 is 28.5 Å². The zero-order valence-corrected chi connectivity index (χ0v) is 25.9. The van der Waals surface area contributed by atoms with E-state index in [2.05, 4.69) is 0 Å². The number of benzene rings is 1. The van der Waals surface area contributed by atoms with Crippen LogP contribution in [0.4, 0.5) is 5.69 Å². The Morgan fingerprint density at radius 2 is 1.81 bits per heavy atom. The summed E-state index contributed by atoms with van der Waals surface area (Å²) in [6.45, 7) is 11.6. The molecule has 1 aliphatic heterocycles. The van der Waals surface area contributed by atoms with Crippen molar-refractivity contribution in [3.8, 4) is 0 Å². The molecule has 0 saturated carbocycles. The van der Waals surface area contributed by atoms with Crippen molar-refractivity contribution in [2.75, 3.05) is 5.75 Å². The van der Waals surface area contributed by atoms with Crippen LogP contribution in [0.15, 0.2) is 24.3 Å². The zero-order valence-electron chi connectivity index (χ0n) is 21.4. The van der Waals surface area contributed by atoms with Crippen LogP contribution in [0, 0.1) is 27.4 Å². The number of nitro benzene ring substituents is 1. The number of ether oxygens (including phenoxy) is 1. The topological polar surface area (TPSA) is 116 Å². The first-order valence-corrected chi connectivity index (χ1v) is 14.4. The first kappa shape index (κ1) is 30.4. The van der Waals surface area contributed by atoms with Crippen LogP contribution in [0.5, 0.6) is 0 Å². The molecule has 1 saturated heterocycles. The molecule has 1 aromatic rings. The number of esters is 1. The van der Waals surface area contributed by atoms with Gasteiger partial charge in [-0.2, -0.15) is 0 Å². The Morgan fingerprint density at radius 1 is 1.22 bits per heavy atom. The maximum Gasteiger partial charge on any atom is 0.397 e. The summed E-state index contributed by atoms with van der Waals surface area (Å²) < 4.78 is 11.6. The number of nitrogens with zero attached hydrogens (tertiary/aromatic N) is 2. The van der Waals surface area contributed by atoms with Gasteiger partial charge in [-0.25, -0.2) is 4.79 Å². The molecule has 0 spiro atoms. The molecule has 13 heteroatoms. The molecule has 9 nitrogen and oxygen atoms in total. The maximum atomic E-state index is 13.4. The molecule has 0 aromatic heterocycles. The number of amides is 2. The van der Waals surface area contributed by atoms with Crippen LogP contribution in [0.1, 0.15) is 47.1 Å². The normalized spacial score (nSPS) is 18.9. The number of hydrogen-bond acceptors (Lipinski definition) is 10. The van der Waals surface area contributed by atoms with Crippen LogP contribution in [0.3, 0.4) is 0 Å². The van der Waals surface area contributed by atoms with Gasteiger partial charge in [0.15, 0.2) is 0 Å². The predicted octanol–water partition coefficient (Wildman–Crippen LogP) is 3.46. The molecular formula is C23H32N2O7S3Si. The van der Waals surface area contributed by atoms with Crippen molar-refractivity contribution in [2.45, 2.75) is 59.1 Å². The van der Waals surface area contributed by atoms with E-state index in [0.717, 1.165) is 10.7 Å². The van der Waals surface area contributed by atoms with Crippen molar-refractivity contribution in [3.05, 3.63) is 39.9 Å². The highest BCUT2D eigenvalue weighted by Gasteiger charge is 2.61. The number of nitro groups is 1. The van der Waals surface area contributed by atoms with E-state index in [9.17, 15) is 24.5 Å². The molecule has 1 aromatic carbocycles. The van der Waals surface area contributed by atoms with E-state index < -0.39 is 39.6 Å². The SMILES string of the molecule is CCSC(=S)S[C@@H]1[C@H](C(C(C)(C)C)C(C)(C)O[SiH3])C(=O)N1C(=O)C(=O)OCc1ccc([N+](=O)[O-])cc1. The van der Waals surface area contributed by atoms with E-state index in [4.69, 9.17) is 21.4 Å². The minimum Gasteiger partial charge on any atom is -0.454 e. The fourth-order valence-corrected chi connectivity index (χ4v) is 7.53. The van der Waals surface area contributed by atoms with E-state index in [1.165, 1.54) is 47.8 Å². The number of thioether (sulfide) groups is 2. The van der Waals surface area contributed by atoms with E-state index in [-0.39, 0.29) is 23.6 Å². The summed E-state index contributed by atoms with van der Waals surface area (Å²) in [5.74, 6) is -2.79. The highest BCUT2D eigenvalue weighted by molar-refractivity contribution is 8.47. The molecule has 0 aliphatic carbocycles. The summed E-state index contributed by atoms with van der Waals surface area (Å²) in [6.07, 6.45) is 0. The maximum absolute atomic E-state index is 13.4. The molecule has 1 unspecified atom stereocenters. The van der Waals surface area contributed by atoms with Gasteiger partial charge in [0.25, 0.3) is 5.69 Å². The zero-order chi connectivity index (χ0) is 27.4. The Morgan fingerprint density at radius 3 is 2.28 bits per heavy atom. The highest BCUT2D eigenvalue weighted by atomic mass is 32.2. The number of carbonyl (C=O) groups is 3. The molecule has 1 aliphatic rings. The van der Waals surface area contributed by atoms with Gasteiger partial charge in [-0.3, -0.25) is 24.6 Å². The number of imide groups is 1. The molecule has 36 heavy (non-hydrogen) atoms. The molecule has 198 valence electrons. The fraction of sp³-hybridized carbons (Fsp3) is 0.565. The Balaban J connectivity index is 2.26. The Kier molecular flexibility index (Phi) is 10.3. The first-order chi connectivity index (χ1) is 16.7. The van der Waals surface area contributed by atoms with Crippen LogP contribution in [0.2, 0.25) is 0 Å². The van der Waals surface area contributed by atoms with Crippen LogP contribution in [0.25, 0.3) is 0 Å². The quantitative estimate of drug-likeness (QED) is 0.0872. The third kappa shape index (κ3) is 6.94. The Hall–Kier alpha value is -1.80. The van der Waals surface area contributed by atoms with Gasteiger partial charge in [0.2, 0.25) is 5.91 Å². The highest BCUT2D eigenvalue weighted by Crippen LogP contribution is 2.51. The number of carbonyl (C=O) groups excluding carboxylic acids is 3. The molecule has 3 atom stereocenters. The Labute approximate surface area is 228 Å². The van der Waals surface area contributed by atoms with Gasteiger partial charge in [-0.15, -0.1) is 11.8 Å².